The minimum atomic E-state index is 0. The Kier molecular flexibility index (Phi) is 6.94. The van der Waals surface area contributed by atoms with Crippen LogP contribution in [-0.2, 0) is 4.79 Å². The second kappa shape index (κ2) is 7.07. The molecule has 3 nitrogen and oxygen atoms in total. The maximum absolute atomic E-state index is 11.8. The Labute approximate surface area is 99.0 Å². The highest BCUT2D eigenvalue weighted by Gasteiger charge is 2.21. The molecule has 0 radical (unpaired) electrons. The molecule has 90 valence electrons. The average Bonchev–Trinajstić information content (AvgIpc) is 2.17. The van der Waals surface area contributed by atoms with E-state index in [4.69, 9.17) is 0 Å². The molecule has 0 unspecified atom stereocenters. The molecular formula is C11H23ClN2O. The maximum Gasteiger partial charge on any atom is 0.222 e. The second-order valence-electron chi connectivity index (χ2n) is 4.60. The van der Waals surface area contributed by atoms with Crippen LogP contribution in [0, 0.1) is 5.92 Å². The van der Waals surface area contributed by atoms with Gasteiger partial charge < -0.3 is 10.2 Å². The summed E-state index contributed by atoms with van der Waals surface area (Å²) >= 11 is 0. The van der Waals surface area contributed by atoms with Gasteiger partial charge in [-0.15, -0.1) is 12.4 Å². The van der Waals surface area contributed by atoms with Gasteiger partial charge in [0.1, 0.15) is 0 Å². The summed E-state index contributed by atoms with van der Waals surface area (Å²) in [5, 5.41) is 3.33. The van der Waals surface area contributed by atoms with Gasteiger partial charge >= 0.3 is 0 Å². The number of rotatable bonds is 3. The molecule has 1 heterocycles. The van der Waals surface area contributed by atoms with Crippen molar-refractivity contribution in [3.05, 3.63) is 0 Å². The van der Waals surface area contributed by atoms with Crippen LogP contribution in [0.25, 0.3) is 0 Å². The predicted molar refractivity (Wildman–Crippen MR) is 65.4 cm³/mol. The maximum atomic E-state index is 11.8. The summed E-state index contributed by atoms with van der Waals surface area (Å²) in [5.74, 6) is 0.746. The van der Waals surface area contributed by atoms with E-state index in [1.807, 2.05) is 11.9 Å². The monoisotopic (exact) mass is 234 g/mol. The summed E-state index contributed by atoms with van der Waals surface area (Å²) < 4.78 is 0. The van der Waals surface area contributed by atoms with E-state index in [0.29, 0.717) is 18.4 Å². The lowest BCUT2D eigenvalue weighted by Gasteiger charge is -2.32. The first-order valence-electron chi connectivity index (χ1n) is 5.57. The number of hydrogen-bond donors (Lipinski definition) is 1. The molecule has 0 aromatic carbocycles. The van der Waals surface area contributed by atoms with Gasteiger partial charge in [0, 0.05) is 26.1 Å². The lowest BCUT2D eigenvalue weighted by Crippen LogP contribution is -2.46. The molecule has 1 aliphatic rings. The molecule has 1 fully saturated rings. The second-order valence-corrected chi connectivity index (χ2v) is 4.60. The fourth-order valence-corrected chi connectivity index (χ4v) is 1.86. The quantitative estimate of drug-likeness (QED) is 0.806. The zero-order chi connectivity index (χ0) is 10.6. The van der Waals surface area contributed by atoms with E-state index in [1.165, 1.54) is 6.42 Å². The number of amides is 1. The van der Waals surface area contributed by atoms with Crippen LogP contribution in [0.5, 0.6) is 0 Å². The van der Waals surface area contributed by atoms with Gasteiger partial charge in [-0.1, -0.05) is 13.8 Å². The summed E-state index contributed by atoms with van der Waals surface area (Å²) in [6.45, 7) is 6.23. The van der Waals surface area contributed by atoms with Crippen LogP contribution in [0.4, 0.5) is 0 Å². The number of piperidine rings is 1. The van der Waals surface area contributed by atoms with Gasteiger partial charge in [-0.2, -0.15) is 0 Å². The van der Waals surface area contributed by atoms with Crippen LogP contribution in [-0.4, -0.2) is 37.0 Å². The van der Waals surface area contributed by atoms with E-state index in [9.17, 15) is 4.79 Å². The summed E-state index contributed by atoms with van der Waals surface area (Å²) in [6.07, 6.45) is 3.00. The first-order chi connectivity index (χ1) is 6.61. The van der Waals surface area contributed by atoms with Crippen molar-refractivity contribution in [2.45, 2.75) is 39.2 Å². The number of halogens is 1. The normalized spacial score (nSPS) is 20.9. The minimum absolute atomic E-state index is 0. The molecule has 4 heteroatoms. The van der Waals surface area contributed by atoms with Gasteiger partial charge in [-0.3, -0.25) is 4.79 Å². The van der Waals surface area contributed by atoms with Gasteiger partial charge in [0.15, 0.2) is 0 Å². The molecule has 1 atom stereocenters. The van der Waals surface area contributed by atoms with Crippen LogP contribution in [0.2, 0.25) is 0 Å². The first kappa shape index (κ1) is 14.7. The van der Waals surface area contributed by atoms with Gasteiger partial charge in [-0.25, -0.2) is 0 Å². The van der Waals surface area contributed by atoms with Crippen LogP contribution < -0.4 is 5.32 Å². The molecular weight excluding hydrogens is 212 g/mol. The molecule has 1 rings (SSSR count). The third kappa shape index (κ3) is 4.85. The van der Waals surface area contributed by atoms with Gasteiger partial charge in [0.2, 0.25) is 5.91 Å². The van der Waals surface area contributed by atoms with Crippen molar-refractivity contribution in [3.63, 3.8) is 0 Å². The van der Waals surface area contributed by atoms with E-state index >= 15 is 0 Å². The van der Waals surface area contributed by atoms with Crippen LogP contribution in [0.3, 0.4) is 0 Å². The number of carbonyl (C=O) groups excluding carboxylic acids is 1. The fraction of sp³-hybridized carbons (Fsp3) is 0.909. The van der Waals surface area contributed by atoms with E-state index < -0.39 is 0 Å². The number of nitrogens with one attached hydrogen (secondary N) is 1. The highest BCUT2D eigenvalue weighted by molar-refractivity contribution is 5.85. The van der Waals surface area contributed by atoms with Crippen molar-refractivity contribution in [1.29, 1.82) is 0 Å². The molecule has 0 aromatic rings. The lowest BCUT2D eigenvalue weighted by atomic mass is 10.0. The largest absolute Gasteiger partial charge is 0.341 e. The smallest absolute Gasteiger partial charge is 0.222 e. The molecule has 0 spiro atoms. The summed E-state index contributed by atoms with van der Waals surface area (Å²) in [5.41, 5.74) is 0. The minimum Gasteiger partial charge on any atom is -0.341 e. The van der Waals surface area contributed by atoms with Crippen molar-refractivity contribution >= 4 is 18.3 Å². The molecule has 0 aromatic heterocycles. The SMILES string of the molecule is CC(C)CC(=O)N(C)[C@H]1CCCNC1.Cl. The Balaban J connectivity index is 0.00000196. The third-order valence-electron chi connectivity index (χ3n) is 2.79. The van der Waals surface area contributed by atoms with E-state index in [1.54, 1.807) is 0 Å². The molecule has 1 N–H and O–H groups in total. The van der Waals surface area contributed by atoms with Gasteiger partial charge in [-0.05, 0) is 25.3 Å². The highest BCUT2D eigenvalue weighted by Crippen LogP contribution is 2.11. The van der Waals surface area contributed by atoms with E-state index in [2.05, 4.69) is 19.2 Å². The molecule has 1 amide bonds. The Hall–Kier alpha value is -0.280. The van der Waals surface area contributed by atoms with Crippen molar-refractivity contribution in [2.24, 2.45) is 5.92 Å². The number of likely N-dealkylation sites (N-methyl/N-ethyl adjacent to an activating group) is 1. The molecule has 1 saturated heterocycles. The zero-order valence-corrected chi connectivity index (χ0v) is 10.8. The Bertz CT molecular complexity index is 191. The van der Waals surface area contributed by atoms with Crippen molar-refractivity contribution in [2.75, 3.05) is 20.1 Å². The molecule has 0 aliphatic carbocycles. The molecule has 1 aliphatic heterocycles. The molecule has 15 heavy (non-hydrogen) atoms. The third-order valence-corrected chi connectivity index (χ3v) is 2.79. The van der Waals surface area contributed by atoms with Crippen molar-refractivity contribution < 1.29 is 4.79 Å². The molecule has 0 saturated carbocycles. The van der Waals surface area contributed by atoms with Crippen LogP contribution in [0.15, 0.2) is 0 Å². The average molecular weight is 235 g/mol. The lowest BCUT2D eigenvalue weighted by molar-refractivity contribution is -0.133. The van der Waals surface area contributed by atoms with Crippen molar-refractivity contribution in [3.8, 4) is 0 Å². The van der Waals surface area contributed by atoms with E-state index in [0.717, 1.165) is 19.5 Å². The van der Waals surface area contributed by atoms with Crippen molar-refractivity contribution in [1.82, 2.24) is 10.2 Å². The van der Waals surface area contributed by atoms with E-state index in [-0.39, 0.29) is 18.3 Å². The molecule has 0 bridgehead atoms. The van der Waals surface area contributed by atoms with Crippen LogP contribution >= 0.6 is 12.4 Å². The van der Waals surface area contributed by atoms with Crippen LogP contribution in [0.1, 0.15) is 33.1 Å². The number of hydrogen-bond acceptors (Lipinski definition) is 2. The first-order valence-corrected chi connectivity index (χ1v) is 5.57. The Morgan fingerprint density at radius 3 is 2.67 bits per heavy atom. The number of nitrogens with zero attached hydrogens (tertiary/aromatic N) is 1. The number of carbonyl (C=O) groups is 1. The summed E-state index contributed by atoms with van der Waals surface area (Å²) in [4.78, 5) is 13.7. The predicted octanol–water partition coefficient (Wildman–Crippen LogP) is 1.66. The standard InChI is InChI=1S/C11H22N2O.ClH/c1-9(2)7-11(14)13(3)10-5-4-6-12-8-10;/h9-10,12H,4-8H2,1-3H3;1H/t10-;/m0./s1. The zero-order valence-electron chi connectivity index (χ0n) is 9.95. The highest BCUT2D eigenvalue weighted by atomic mass is 35.5. The summed E-state index contributed by atoms with van der Waals surface area (Å²) in [7, 11) is 1.93. The van der Waals surface area contributed by atoms with Gasteiger partial charge in [0.25, 0.3) is 0 Å². The van der Waals surface area contributed by atoms with Gasteiger partial charge in [0.05, 0.1) is 0 Å². The Morgan fingerprint density at radius 2 is 2.20 bits per heavy atom. The fourth-order valence-electron chi connectivity index (χ4n) is 1.86. The topological polar surface area (TPSA) is 32.3 Å². The Morgan fingerprint density at radius 1 is 1.53 bits per heavy atom. The summed E-state index contributed by atoms with van der Waals surface area (Å²) in [6, 6.07) is 0.412.